The molecular formula is C10H13ClN4O2. The molecule has 1 aromatic heterocycles. The van der Waals surface area contributed by atoms with Gasteiger partial charge in [0.1, 0.15) is 11.0 Å². The molecule has 0 aliphatic carbocycles. The molecule has 6 nitrogen and oxygen atoms in total. The first-order valence-corrected chi connectivity index (χ1v) is 5.64. The first kappa shape index (κ1) is 11.9. The van der Waals surface area contributed by atoms with E-state index in [4.69, 9.17) is 11.6 Å². The Balaban J connectivity index is 1.96. The van der Waals surface area contributed by atoms with Gasteiger partial charge in [0.15, 0.2) is 0 Å². The molecule has 1 unspecified atom stereocenters. The predicted octanol–water partition coefficient (Wildman–Crippen LogP) is 1.06. The largest absolute Gasteiger partial charge is 0.453 e. The zero-order chi connectivity index (χ0) is 12.3. The molecule has 17 heavy (non-hydrogen) atoms. The topological polar surface area (TPSA) is 67.3 Å². The van der Waals surface area contributed by atoms with Crippen LogP contribution in [-0.2, 0) is 4.74 Å². The molecule has 0 aromatic carbocycles. The molecule has 92 valence electrons. The summed E-state index contributed by atoms with van der Waals surface area (Å²) in [6.07, 6.45) is 3.59. The van der Waals surface area contributed by atoms with Gasteiger partial charge in [0, 0.05) is 13.1 Å². The summed E-state index contributed by atoms with van der Waals surface area (Å²) in [7, 11) is 1.35. The number of carbonyl (C=O) groups excluding carboxylic acids is 1. The second-order valence-corrected chi connectivity index (χ2v) is 4.15. The number of amides is 1. The number of nitrogens with zero attached hydrogens (tertiary/aromatic N) is 3. The van der Waals surface area contributed by atoms with Crippen LogP contribution in [0.15, 0.2) is 12.4 Å². The van der Waals surface area contributed by atoms with Crippen LogP contribution >= 0.6 is 11.6 Å². The third-order valence-corrected chi connectivity index (χ3v) is 2.79. The molecule has 1 atom stereocenters. The lowest BCUT2D eigenvalue weighted by atomic mass is 10.3. The van der Waals surface area contributed by atoms with Crippen LogP contribution in [0.25, 0.3) is 0 Å². The molecule has 7 heteroatoms. The molecule has 0 radical (unpaired) electrons. The SMILES string of the molecule is COC(=O)NC1CCN(c2cncc(Cl)n2)C1. The Morgan fingerprint density at radius 2 is 2.47 bits per heavy atom. The fourth-order valence-electron chi connectivity index (χ4n) is 1.80. The van der Waals surface area contributed by atoms with Crippen molar-refractivity contribution in [3.8, 4) is 0 Å². The van der Waals surface area contributed by atoms with Gasteiger partial charge in [-0.15, -0.1) is 0 Å². The van der Waals surface area contributed by atoms with Crippen molar-refractivity contribution in [1.29, 1.82) is 0 Å². The summed E-state index contributed by atoms with van der Waals surface area (Å²) in [5.74, 6) is 0.728. The number of aromatic nitrogens is 2. The summed E-state index contributed by atoms with van der Waals surface area (Å²) in [6, 6.07) is 0.0724. The average Bonchev–Trinajstić information content (AvgIpc) is 2.77. The Morgan fingerprint density at radius 3 is 3.18 bits per heavy atom. The van der Waals surface area contributed by atoms with E-state index in [0.29, 0.717) is 11.7 Å². The molecule has 2 heterocycles. The lowest BCUT2D eigenvalue weighted by Gasteiger charge is -2.17. The van der Waals surface area contributed by atoms with Crippen LogP contribution in [-0.4, -0.2) is 42.3 Å². The minimum atomic E-state index is -0.408. The second kappa shape index (κ2) is 5.18. The maximum absolute atomic E-state index is 11.1. The molecule has 2 rings (SSSR count). The van der Waals surface area contributed by atoms with Gasteiger partial charge in [0.2, 0.25) is 0 Å². The second-order valence-electron chi connectivity index (χ2n) is 3.77. The number of alkyl carbamates (subject to hydrolysis) is 1. The Labute approximate surface area is 104 Å². The van der Waals surface area contributed by atoms with Crippen LogP contribution in [0.2, 0.25) is 5.15 Å². The molecule has 1 aliphatic rings. The minimum Gasteiger partial charge on any atom is -0.453 e. The number of halogens is 1. The first-order valence-electron chi connectivity index (χ1n) is 5.26. The highest BCUT2D eigenvalue weighted by molar-refractivity contribution is 6.29. The van der Waals surface area contributed by atoms with Crippen LogP contribution in [0.3, 0.4) is 0 Å². The zero-order valence-electron chi connectivity index (χ0n) is 9.39. The normalized spacial score (nSPS) is 19.2. The Kier molecular flexibility index (Phi) is 3.63. The molecule has 0 spiro atoms. The Hall–Kier alpha value is -1.56. The van der Waals surface area contributed by atoms with Crippen molar-refractivity contribution in [2.45, 2.75) is 12.5 Å². The minimum absolute atomic E-state index is 0.0724. The third kappa shape index (κ3) is 2.97. The zero-order valence-corrected chi connectivity index (χ0v) is 10.1. The highest BCUT2D eigenvalue weighted by Crippen LogP contribution is 2.18. The van der Waals surface area contributed by atoms with E-state index in [1.165, 1.54) is 13.3 Å². The third-order valence-electron chi connectivity index (χ3n) is 2.61. The summed E-state index contributed by atoms with van der Waals surface area (Å²) in [5.41, 5.74) is 0. The number of ether oxygens (including phenoxy) is 1. The average molecular weight is 257 g/mol. The van der Waals surface area contributed by atoms with Crippen molar-refractivity contribution < 1.29 is 9.53 Å². The van der Waals surface area contributed by atoms with Crippen LogP contribution in [0.5, 0.6) is 0 Å². The van der Waals surface area contributed by atoms with Gasteiger partial charge in [0.05, 0.1) is 25.5 Å². The maximum Gasteiger partial charge on any atom is 0.407 e. The van der Waals surface area contributed by atoms with Crippen molar-refractivity contribution in [2.24, 2.45) is 0 Å². The van der Waals surface area contributed by atoms with Crippen LogP contribution in [0.1, 0.15) is 6.42 Å². The van der Waals surface area contributed by atoms with Crippen molar-refractivity contribution in [2.75, 3.05) is 25.1 Å². The van der Waals surface area contributed by atoms with E-state index in [-0.39, 0.29) is 6.04 Å². The number of hydrogen-bond donors (Lipinski definition) is 1. The van der Waals surface area contributed by atoms with E-state index in [0.717, 1.165) is 18.8 Å². The maximum atomic E-state index is 11.1. The summed E-state index contributed by atoms with van der Waals surface area (Å²) in [4.78, 5) is 21.2. The highest BCUT2D eigenvalue weighted by Gasteiger charge is 2.25. The number of nitrogens with one attached hydrogen (secondary N) is 1. The van der Waals surface area contributed by atoms with Crippen LogP contribution in [0.4, 0.5) is 10.6 Å². The molecule has 0 bridgehead atoms. The quantitative estimate of drug-likeness (QED) is 0.857. The molecule has 1 fully saturated rings. The smallest absolute Gasteiger partial charge is 0.407 e. The van der Waals surface area contributed by atoms with E-state index >= 15 is 0 Å². The summed E-state index contributed by atoms with van der Waals surface area (Å²) < 4.78 is 4.55. The number of anilines is 1. The van der Waals surface area contributed by atoms with Gasteiger partial charge in [-0.1, -0.05) is 11.6 Å². The molecule has 1 aliphatic heterocycles. The van der Waals surface area contributed by atoms with Crippen LogP contribution < -0.4 is 10.2 Å². The molecule has 1 amide bonds. The van der Waals surface area contributed by atoms with Gasteiger partial charge >= 0.3 is 6.09 Å². The van der Waals surface area contributed by atoms with E-state index in [1.807, 2.05) is 4.90 Å². The standard InChI is InChI=1S/C10H13ClN4O2/c1-17-10(16)13-7-2-3-15(6-7)9-5-12-4-8(11)14-9/h4-5,7H,2-3,6H2,1H3,(H,13,16). The van der Waals surface area contributed by atoms with Crippen molar-refractivity contribution in [3.63, 3.8) is 0 Å². The molecule has 1 aromatic rings. The monoisotopic (exact) mass is 256 g/mol. The number of carbonyl (C=O) groups is 1. The van der Waals surface area contributed by atoms with Crippen molar-refractivity contribution >= 4 is 23.5 Å². The van der Waals surface area contributed by atoms with Gasteiger partial charge in [0.25, 0.3) is 0 Å². The fraction of sp³-hybridized carbons (Fsp3) is 0.500. The first-order chi connectivity index (χ1) is 8.19. The van der Waals surface area contributed by atoms with Gasteiger partial charge < -0.3 is 15.0 Å². The number of methoxy groups -OCH3 is 1. The van der Waals surface area contributed by atoms with E-state index < -0.39 is 6.09 Å². The fourth-order valence-corrected chi connectivity index (χ4v) is 1.94. The van der Waals surface area contributed by atoms with Gasteiger partial charge in [-0.3, -0.25) is 4.98 Å². The molecule has 1 N–H and O–H groups in total. The van der Waals surface area contributed by atoms with Gasteiger partial charge in [-0.2, -0.15) is 0 Å². The van der Waals surface area contributed by atoms with Crippen LogP contribution in [0, 0.1) is 0 Å². The van der Waals surface area contributed by atoms with E-state index in [2.05, 4.69) is 20.0 Å². The predicted molar refractivity (Wildman–Crippen MR) is 63.2 cm³/mol. The highest BCUT2D eigenvalue weighted by atomic mass is 35.5. The van der Waals surface area contributed by atoms with Crippen molar-refractivity contribution in [3.05, 3.63) is 17.5 Å². The Morgan fingerprint density at radius 1 is 1.65 bits per heavy atom. The number of rotatable bonds is 2. The molecular weight excluding hydrogens is 244 g/mol. The summed E-state index contributed by atoms with van der Waals surface area (Å²) in [5, 5.41) is 3.13. The van der Waals surface area contributed by atoms with Gasteiger partial charge in [-0.25, -0.2) is 9.78 Å². The Bertz CT molecular complexity index is 415. The lowest BCUT2D eigenvalue weighted by Crippen LogP contribution is -2.37. The molecule has 0 saturated carbocycles. The number of hydrogen-bond acceptors (Lipinski definition) is 5. The molecule has 1 saturated heterocycles. The summed E-state index contributed by atoms with van der Waals surface area (Å²) >= 11 is 5.78. The lowest BCUT2D eigenvalue weighted by molar-refractivity contribution is 0.167. The summed E-state index contributed by atoms with van der Waals surface area (Å²) in [6.45, 7) is 1.49. The van der Waals surface area contributed by atoms with Crippen molar-refractivity contribution in [1.82, 2.24) is 15.3 Å². The van der Waals surface area contributed by atoms with E-state index in [9.17, 15) is 4.79 Å². The van der Waals surface area contributed by atoms with E-state index in [1.54, 1.807) is 6.20 Å². The van der Waals surface area contributed by atoms with Gasteiger partial charge in [-0.05, 0) is 6.42 Å².